The Morgan fingerprint density at radius 3 is 2.23 bits per heavy atom. The summed E-state index contributed by atoms with van der Waals surface area (Å²) in [5.74, 6) is 0.827. The number of hydrogen-bond donors (Lipinski definition) is 0. The lowest BCUT2D eigenvalue weighted by atomic mass is 9.56. The van der Waals surface area contributed by atoms with Gasteiger partial charge in [-0.05, 0) is 52.5 Å². The molecule has 0 aliphatic heterocycles. The summed E-state index contributed by atoms with van der Waals surface area (Å²) in [6.07, 6.45) is 0.874. The van der Waals surface area contributed by atoms with E-state index in [1.165, 1.54) is 27.8 Å². The Bertz CT molecular complexity index is 901. The standard InChI is InChI=1S/C25H28O/c1-16(2)25-20-14-10-9-13-19(20)23(18-11-7-6-8-12-18)22(25)15-21(17(3)26)24(25,4)5/h6-14,16,21H,15H2,1-5H3/t21-,25-/m1/s1. The lowest BCUT2D eigenvalue weighted by molar-refractivity contribution is -0.124. The van der Waals surface area contributed by atoms with Gasteiger partial charge in [0.15, 0.2) is 0 Å². The maximum atomic E-state index is 12.6. The molecule has 1 saturated carbocycles. The molecular formula is C25H28O. The van der Waals surface area contributed by atoms with Crippen molar-refractivity contribution in [3.05, 3.63) is 76.9 Å². The van der Waals surface area contributed by atoms with Crippen LogP contribution >= 0.6 is 0 Å². The summed E-state index contributed by atoms with van der Waals surface area (Å²) in [6.45, 7) is 11.1. The molecular weight excluding hydrogens is 316 g/mol. The fourth-order valence-corrected chi connectivity index (χ4v) is 6.29. The van der Waals surface area contributed by atoms with E-state index in [4.69, 9.17) is 0 Å². The molecule has 0 amide bonds. The van der Waals surface area contributed by atoms with Crippen molar-refractivity contribution in [2.75, 3.05) is 0 Å². The maximum Gasteiger partial charge on any atom is 0.133 e. The number of rotatable bonds is 3. The van der Waals surface area contributed by atoms with Crippen LogP contribution in [0.5, 0.6) is 0 Å². The van der Waals surface area contributed by atoms with E-state index < -0.39 is 0 Å². The van der Waals surface area contributed by atoms with Gasteiger partial charge in [-0.2, -0.15) is 0 Å². The molecule has 0 aromatic heterocycles. The molecule has 2 aliphatic carbocycles. The van der Waals surface area contributed by atoms with Gasteiger partial charge in [0.05, 0.1) is 0 Å². The highest BCUT2D eigenvalue weighted by Gasteiger charge is 2.64. The van der Waals surface area contributed by atoms with Crippen LogP contribution in [0.15, 0.2) is 60.2 Å². The molecule has 1 nitrogen and oxygen atoms in total. The molecule has 26 heavy (non-hydrogen) atoms. The fourth-order valence-electron chi connectivity index (χ4n) is 6.29. The van der Waals surface area contributed by atoms with E-state index in [1.807, 2.05) is 0 Å². The summed E-state index contributed by atoms with van der Waals surface area (Å²) >= 11 is 0. The molecule has 0 unspecified atom stereocenters. The Morgan fingerprint density at radius 1 is 1.00 bits per heavy atom. The number of ketones is 1. The number of allylic oxidation sites excluding steroid dienone is 1. The highest BCUT2D eigenvalue weighted by molar-refractivity contribution is 5.93. The molecule has 1 fully saturated rings. The van der Waals surface area contributed by atoms with Crippen molar-refractivity contribution in [3.63, 3.8) is 0 Å². The highest BCUT2D eigenvalue weighted by Crippen LogP contribution is 2.69. The van der Waals surface area contributed by atoms with Gasteiger partial charge in [0.2, 0.25) is 0 Å². The smallest absolute Gasteiger partial charge is 0.133 e. The molecule has 0 radical (unpaired) electrons. The molecule has 2 aromatic carbocycles. The minimum absolute atomic E-state index is 0.0759. The minimum atomic E-state index is -0.102. The fraction of sp³-hybridized carbons (Fsp3) is 0.400. The van der Waals surface area contributed by atoms with Crippen LogP contribution in [-0.4, -0.2) is 5.78 Å². The van der Waals surface area contributed by atoms with E-state index >= 15 is 0 Å². The van der Waals surface area contributed by atoms with Crippen LogP contribution in [0.4, 0.5) is 0 Å². The number of carbonyl (C=O) groups is 1. The van der Waals surface area contributed by atoms with E-state index in [1.54, 1.807) is 6.92 Å². The average molecular weight is 344 g/mol. The lowest BCUT2D eigenvalue weighted by Crippen LogP contribution is -2.46. The van der Waals surface area contributed by atoms with Crippen molar-refractivity contribution in [1.29, 1.82) is 0 Å². The van der Waals surface area contributed by atoms with Crippen LogP contribution in [0.1, 0.15) is 57.7 Å². The quantitative estimate of drug-likeness (QED) is 0.664. The van der Waals surface area contributed by atoms with Crippen LogP contribution in [0.2, 0.25) is 0 Å². The highest BCUT2D eigenvalue weighted by atomic mass is 16.1. The summed E-state index contributed by atoms with van der Waals surface area (Å²) < 4.78 is 0. The third kappa shape index (κ3) is 1.95. The molecule has 134 valence electrons. The van der Waals surface area contributed by atoms with Crippen molar-refractivity contribution >= 4 is 11.4 Å². The van der Waals surface area contributed by atoms with Gasteiger partial charge in [-0.25, -0.2) is 0 Å². The second-order valence-corrected chi connectivity index (χ2v) is 8.82. The monoisotopic (exact) mass is 344 g/mol. The Hall–Kier alpha value is -2.15. The average Bonchev–Trinajstić information content (AvgIpc) is 3.04. The summed E-state index contributed by atoms with van der Waals surface area (Å²) in [4.78, 5) is 12.6. The number of benzene rings is 2. The van der Waals surface area contributed by atoms with Gasteiger partial charge in [-0.15, -0.1) is 0 Å². The summed E-state index contributed by atoms with van der Waals surface area (Å²) in [6, 6.07) is 19.6. The molecule has 4 rings (SSSR count). The molecule has 1 heteroatoms. The Morgan fingerprint density at radius 2 is 1.62 bits per heavy atom. The Labute approximate surface area is 157 Å². The molecule has 2 atom stereocenters. The van der Waals surface area contributed by atoms with Gasteiger partial charge < -0.3 is 0 Å². The zero-order valence-corrected chi connectivity index (χ0v) is 16.5. The molecule has 2 aromatic rings. The zero-order chi connectivity index (χ0) is 18.7. The summed E-state index contributed by atoms with van der Waals surface area (Å²) in [5.41, 5.74) is 6.71. The molecule has 0 bridgehead atoms. The third-order valence-corrected chi connectivity index (χ3v) is 7.11. The van der Waals surface area contributed by atoms with Crippen LogP contribution in [-0.2, 0) is 10.2 Å². The normalized spacial score (nSPS) is 26.2. The van der Waals surface area contributed by atoms with Gasteiger partial charge in [0, 0.05) is 11.3 Å². The molecule has 0 spiro atoms. The van der Waals surface area contributed by atoms with E-state index in [0.29, 0.717) is 11.7 Å². The van der Waals surface area contributed by atoms with Crippen LogP contribution in [0.25, 0.3) is 5.57 Å². The van der Waals surface area contributed by atoms with E-state index in [9.17, 15) is 4.79 Å². The van der Waals surface area contributed by atoms with Gasteiger partial charge >= 0.3 is 0 Å². The zero-order valence-electron chi connectivity index (χ0n) is 16.5. The van der Waals surface area contributed by atoms with Crippen molar-refractivity contribution < 1.29 is 4.79 Å². The summed E-state index contributed by atoms with van der Waals surface area (Å²) in [7, 11) is 0. The molecule has 0 N–H and O–H groups in total. The number of hydrogen-bond acceptors (Lipinski definition) is 1. The second kappa shape index (κ2) is 5.67. The van der Waals surface area contributed by atoms with Gasteiger partial charge in [0.25, 0.3) is 0 Å². The topological polar surface area (TPSA) is 17.1 Å². The van der Waals surface area contributed by atoms with Crippen LogP contribution in [0, 0.1) is 17.3 Å². The van der Waals surface area contributed by atoms with Crippen molar-refractivity contribution in [1.82, 2.24) is 0 Å². The minimum Gasteiger partial charge on any atom is -0.300 e. The largest absolute Gasteiger partial charge is 0.300 e. The van der Waals surface area contributed by atoms with Crippen LogP contribution in [0.3, 0.4) is 0 Å². The summed E-state index contributed by atoms with van der Waals surface area (Å²) in [5, 5.41) is 0. The number of carbonyl (C=O) groups excluding carboxylic acids is 1. The first-order valence-corrected chi connectivity index (χ1v) is 9.72. The van der Waals surface area contributed by atoms with Gasteiger partial charge in [-0.1, -0.05) is 82.3 Å². The number of fused-ring (bicyclic) bond motifs is 3. The van der Waals surface area contributed by atoms with Crippen LogP contribution < -0.4 is 0 Å². The Balaban J connectivity index is 2.12. The first-order valence-electron chi connectivity index (χ1n) is 9.72. The number of Topliss-reactive ketones (excluding diaryl/α,β-unsaturated/α-hetero) is 1. The van der Waals surface area contributed by atoms with E-state index in [2.05, 4.69) is 82.3 Å². The van der Waals surface area contributed by atoms with Gasteiger partial charge in [0.1, 0.15) is 5.78 Å². The van der Waals surface area contributed by atoms with Crippen molar-refractivity contribution in [2.45, 2.75) is 46.5 Å². The van der Waals surface area contributed by atoms with Crippen molar-refractivity contribution in [3.8, 4) is 0 Å². The maximum absolute atomic E-state index is 12.6. The first kappa shape index (κ1) is 17.3. The molecule has 0 heterocycles. The third-order valence-electron chi connectivity index (χ3n) is 7.11. The Kier molecular flexibility index (Phi) is 3.77. The molecule has 2 aliphatic rings. The SMILES string of the molecule is CC(=O)[C@H]1CC2=C(c3ccccc3)c3ccccc3[C@@]2(C(C)C)C1(C)C. The van der Waals surface area contributed by atoms with Crippen molar-refractivity contribution in [2.24, 2.45) is 17.3 Å². The van der Waals surface area contributed by atoms with E-state index in [-0.39, 0.29) is 16.7 Å². The molecule has 0 saturated heterocycles. The predicted molar refractivity (Wildman–Crippen MR) is 108 cm³/mol. The second-order valence-electron chi connectivity index (χ2n) is 8.82. The van der Waals surface area contributed by atoms with Gasteiger partial charge in [-0.3, -0.25) is 4.79 Å². The lowest BCUT2D eigenvalue weighted by Gasteiger charge is -2.47. The first-order chi connectivity index (χ1) is 12.3. The van der Waals surface area contributed by atoms with E-state index in [0.717, 1.165) is 6.42 Å². The predicted octanol–water partition coefficient (Wildman–Crippen LogP) is 6.03.